The van der Waals surface area contributed by atoms with Crippen molar-refractivity contribution < 1.29 is 4.79 Å². The molecule has 1 aliphatic rings. The van der Waals surface area contributed by atoms with E-state index in [1.165, 1.54) is 4.70 Å². The van der Waals surface area contributed by atoms with E-state index >= 15 is 0 Å². The first kappa shape index (κ1) is 12.2. The van der Waals surface area contributed by atoms with Crippen molar-refractivity contribution in [1.82, 2.24) is 4.90 Å². The highest BCUT2D eigenvalue weighted by Crippen LogP contribution is 2.32. The number of nitrogens with zero attached hydrogens (tertiary/aromatic N) is 1. The van der Waals surface area contributed by atoms with E-state index < -0.39 is 0 Å². The van der Waals surface area contributed by atoms with Crippen LogP contribution >= 0.6 is 27.3 Å². The standard InChI is InChI=1S/C14H14BrNOS/c15-7-8-16(10-5-6-10)14(17)12-9-18-13-4-2-1-3-11(12)13/h1-4,9-10H,5-8H2. The maximum atomic E-state index is 12.6. The summed E-state index contributed by atoms with van der Waals surface area (Å²) in [6.45, 7) is 0.799. The summed E-state index contributed by atoms with van der Waals surface area (Å²) in [4.78, 5) is 14.6. The Labute approximate surface area is 119 Å². The van der Waals surface area contributed by atoms with Crippen LogP contribution in [-0.4, -0.2) is 28.7 Å². The van der Waals surface area contributed by atoms with Crippen LogP contribution in [0.5, 0.6) is 0 Å². The molecule has 3 rings (SSSR count). The van der Waals surface area contributed by atoms with Crippen molar-refractivity contribution >= 4 is 43.3 Å². The van der Waals surface area contributed by atoms with Gasteiger partial charge in [-0.15, -0.1) is 11.3 Å². The van der Waals surface area contributed by atoms with Crippen molar-refractivity contribution in [2.75, 3.05) is 11.9 Å². The van der Waals surface area contributed by atoms with Crippen molar-refractivity contribution in [1.29, 1.82) is 0 Å². The number of fused-ring (bicyclic) bond motifs is 1. The second-order valence-corrected chi connectivity index (χ2v) is 6.27. The van der Waals surface area contributed by atoms with E-state index in [0.29, 0.717) is 6.04 Å². The van der Waals surface area contributed by atoms with Gasteiger partial charge in [0, 0.05) is 33.4 Å². The molecule has 1 amide bonds. The topological polar surface area (TPSA) is 20.3 Å². The minimum atomic E-state index is 0.189. The van der Waals surface area contributed by atoms with Crippen LogP contribution in [0.3, 0.4) is 0 Å². The Morgan fingerprint density at radius 1 is 1.39 bits per heavy atom. The molecule has 94 valence electrons. The third-order valence-electron chi connectivity index (χ3n) is 3.29. The highest BCUT2D eigenvalue weighted by molar-refractivity contribution is 9.09. The van der Waals surface area contributed by atoms with Gasteiger partial charge in [0.05, 0.1) is 5.56 Å². The first-order valence-corrected chi connectivity index (χ1v) is 8.14. The van der Waals surface area contributed by atoms with Gasteiger partial charge in [-0.25, -0.2) is 0 Å². The summed E-state index contributed by atoms with van der Waals surface area (Å²) in [7, 11) is 0. The Morgan fingerprint density at radius 2 is 2.17 bits per heavy atom. The molecule has 1 heterocycles. The van der Waals surface area contributed by atoms with Crippen LogP contribution in [0.2, 0.25) is 0 Å². The van der Waals surface area contributed by atoms with E-state index in [9.17, 15) is 4.79 Å². The van der Waals surface area contributed by atoms with Crippen LogP contribution in [0.25, 0.3) is 10.1 Å². The molecule has 2 aromatic rings. The molecule has 1 fully saturated rings. The molecule has 1 aromatic carbocycles. The molecule has 0 saturated heterocycles. The fourth-order valence-corrected chi connectivity index (χ4v) is 3.54. The van der Waals surface area contributed by atoms with E-state index in [1.54, 1.807) is 11.3 Å². The molecule has 0 atom stereocenters. The predicted molar refractivity (Wildman–Crippen MR) is 79.7 cm³/mol. The van der Waals surface area contributed by atoms with Crippen molar-refractivity contribution in [2.45, 2.75) is 18.9 Å². The highest BCUT2D eigenvalue weighted by atomic mass is 79.9. The molecule has 18 heavy (non-hydrogen) atoms. The van der Waals surface area contributed by atoms with Gasteiger partial charge >= 0.3 is 0 Å². The van der Waals surface area contributed by atoms with Crippen LogP contribution in [-0.2, 0) is 0 Å². The van der Waals surface area contributed by atoms with Gasteiger partial charge < -0.3 is 4.90 Å². The third kappa shape index (κ3) is 2.19. The lowest BCUT2D eigenvalue weighted by Gasteiger charge is -2.21. The van der Waals surface area contributed by atoms with Gasteiger partial charge in [0.25, 0.3) is 5.91 Å². The molecule has 0 spiro atoms. The zero-order valence-corrected chi connectivity index (χ0v) is 12.3. The van der Waals surface area contributed by atoms with E-state index in [1.807, 2.05) is 28.5 Å². The summed E-state index contributed by atoms with van der Waals surface area (Å²) in [5, 5.41) is 3.93. The van der Waals surface area contributed by atoms with Crippen molar-refractivity contribution in [3.63, 3.8) is 0 Å². The minimum absolute atomic E-state index is 0.189. The molecule has 0 radical (unpaired) electrons. The largest absolute Gasteiger partial charge is 0.335 e. The zero-order chi connectivity index (χ0) is 12.5. The predicted octanol–water partition coefficient (Wildman–Crippen LogP) is 3.90. The lowest BCUT2D eigenvalue weighted by molar-refractivity contribution is 0.0757. The molecule has 4 heteroatoms. The minimum Gasteiger partial charge on any atom is -0.335 e. The normalized spacial score (nSPS) is 14.9. The Balaban J connectivity index is 1.95. The second-order valence-electron chi connectivity index (χ2n) is 4.56. The van der Waals surface area contributed by atoms with Gasteiger partial charge in [-0.3, -0.25) is 4.79 Å². The van der Waals surface area contributed by atoms with E-state index in [-0.39, 0.29) is 5.91 Å². The Hall–Kier alpha value is -0.870. The summed E-state index contributed by atoms with van der Waals surface area (Å²) in [6, 6.07) is 8.59. The maximum Gasteiger partial charge on any atom is 0.255 e. The lowest BCUT2D eigenvalue weighted by atomic mass is 10.1. The van der Waals surface area contributed by atoms with Crippen molar-refractivity contribution in [3.05, 3.63) is 35.2 Å². The number of rotatable bonds is 4. The zero-order valence-electron chi connectivity index (χ0n) is 9.93. The van der Waals surface area contributed by atoms with Gasteiger partial charge in [0.2, 0.25) is 0 Å². The fraction of sp³-hybridized carbons (Fsp3) is 0.357. The van der Waals surface area contributed by atoms with Crippen LogP contribution in [0, 0.1) is 0 Å². The Bertz CT molecular complexity index is 576. The van der Waals surface area contributed by atoms with Crippen molar-refractivity contribution in [3.8, 4) is 0 Å². The summed E-state index contributed by atoms with van der Waals surface area (Å²) in [5.41, 5.74) is 0.864. The van der Waals surface area contributed by atoms with Crippen LogP contribution in [0.1, 0.15) is 23.2 Å². The summed E-state index contributed by atoms with van der Waals surface area (Å²) in [5.74, 6) is 0.189. The molecule has 2 nitrogen and oxygen atoms in total. The average Bonchev–Trinajstić information content (AvgIpc) is 3.14. The van der Waals surface area contributed by atoms with Crippen LogP contribution in [0.4, 0.5) is 0 Å². The number of amides is 1. The van der Waals surface area contributed by atoms with Gasteiger partial charge in [-0.2, -0.15) is 0 Å². The number of alkyl halides is 1. The molecule has 0 N–H and O–H groups in total. The number of halogens is 1. The van der Waals surface area contributed by atoms with E-state index in [0.717, 1.165) is 35.7 Å². The molecule has 0 aliphatic heterocycles. The highest BCUT2D eigenvalue weighted by Gasteiger charge is 2.33. The smallest absolute Gasteiger partial charge is 0.255 e. The number of hydrogen-bond donors (Lipinski definition) is 0. The molecular formula is C14H14BrNOS. The van der Waals surface area contributed by atoms with Gasteiger partial charge in [-0.1, -0.05) is 34.1 Å². The number of carbonyl (C=O) groups is 1. The number of thiophene rings is 1. The summed E-state index contributed by atoms with van der Waals surface area (Å²) >= 11 is 5.09. The SMILES string of the molecule is O=C(c1csc2ccccc12)N(CCBr)C1CC1. The number of hydrogen-bond acceptors (Lipinski definition) is 2. The molecule has 1 aromatic heterocycles. The second kappa shape index (κ2) is 5.02. The monoisotopic (exact) mass is 323 g/mol. The quantitative estimate of drug-likeness (QED) is 0.781. The number of carbonyl (C=O) groups excluding carboxylic acids is 1. The van der Waals surface area contributed by atoms with E-state index in [2.05, 4.69) is 22.0 Å². The third-order valence-corrected chi connectivity index (χ3v) is 4.60. The molecule has 0 bridgehead atoms. The summed E-state index contributed by atoms with van der Waals surface area (Å²) in [6.07, 6.45) is 2.31. The Kier molecular flexibility index (Phi) is 3.39. The first-order valence-electron chi connectivity index (χ1n) is 6.14. The van der Waals surface area contributed by atoms with Crippen LogP contribution in [0.15, 0.2) is 29.6 Å². The summed E-state index contributed by atoms with van der Waals surface area (Å²) < 4.78 is 1.19. The molecule has 0 unspecified atom stereocenters. The van der Waals surface area contributed by atoms with E-state index in [4.69, 9.17) is 0 Å². The van der Waals surface area contributed by atoms with Gasteiger partial charge in [0.1, 0.15) is 0 Å². The maximum absolute atomic E-state index is 12.6. The van der Waals surface area contributed by atoms with Crippen molar-refractivity contribution in [2.24, 2.45) is 0 Å². The average molecular weight is 324 g/mol. The van der Waals surface area contributed by atoms with Gasteiger partial charge in [0.15, 0.2) is 0 Å². The number of benzene rings is 1. The molecule has 1 aliphatic carbocycles. The molecule has 1 saturated carbocycles. The first-order chi connectivity index (χ1) is 8.81. The Morgan fingerprint density at radius 3 is 2.89 bits per heavy atom. The van der Waals surface area contributed by atoms with Gasteiger partial charge in [-0.05, 0) is 18.9 Å². The molecular weight excluding hydrogens is 310 g/mol. The lowest BCUT2D eigenvalue weighted by Crippen LogP contribution is -2.34. The fourth-order valence-electron chi connectivity index (χ4n) is 2.23. The van der Waals surface area contributed by atoms with Crippen LogP contribution < -0.4 is 0 Å².